The standard InChI is InChI=1S/C34H28N2O3S/c1-2-8-21-14-16-23(17-15-21)30(37)28-29(31(38)27-13-7-20-40-27)36-19-18-22-9-3-4-10-24(22)32(36)34(28)25-11-5-6-12-26(25)35-33(34)39/h3-7,9-20,28-29,32H,2,8H2,1H3,(H,35,39)/t28-,29+,32-,34+/m0/s1. The zero-order valence-electron chi connectivity index (χ0n) is 22.0. The average Bonchev–Trinajstić information content (AvgIpc) is 3.70. The Hall–Kier alpha value is -4.29. The molecule has 7 rings (SSSR count). The number of amides is 1. The topological polar surface area (TPSA) is 66.5 Å². The van der Waals surface area contributed by atoms with E-state index in [-0.39, 0.29) is 17.5 Å². The van der Waals surface area contributed by atoms with E-state index in [1.54, 1.807) is 6.07 Å². The van der Waals surface area contributed by atoms with E-state index in [0.717, 1.165) is 35.1 Å². The van der Waals surface area contributed by atoms with Gasteiger partial charge in [-0.2, -0.15) is 0 Å². The third kappa shape index (κ3) is 3.42. The molecule has 1 N–H and O–H groups in total. The van der Waals surface area contributed by atoms with Gasteiger partial charge in [0.05, 0.1) is 16.8 Å². The van der Waals surface area contributed by atoms with Gasteiger partial charge in [0.2, 0.25) is 5.91 Å². The van der Waals surface area contributed by atoms with Crippen LogP contribution in [0.15, 0.2) is 96.5 Å². The minimum Gasteiger partial charge on any atom is -0.358 e. The summed E-state index contributed by atoms with van der Waals surface area (Å²) in [6.45, 7) is 2.12. The summed E-state index contributed by atoms with van der Waals surface area (Å²) in [4.78, 5) is 46.2. The maximum Gasteiger partial charge on any atom is 0.238 e. The number of rotatable bonds is 6. The monoisotopic (exact) mass is 544 g/mol. The van der Waals surface area contributed by atoms with Crippen LogP contribution >= 0.6 is 11.3 Å². The minimum absolute atomic E-state index is 0.140. The third-order valence-corrected chi connectivity index (χ3v) is 9.55. The second kappa shape index (κ2) is 9.42. The molecule has 3 aromatic carbocycles. The SMILES string of the molecule is CCCc1ccc(C(=O)[C@@H]2[C@H](C(=O)c3cccs3)N3C=Cc4ccccc4[C@H]3[C@]23C(=O)Nc2ccccc23)cc1. The van der Waals surface area contributed by atoms with Crippen LogP contribution in [0.2, 0.25) is 0 Å². The van der Waals surface area contributed by atoms with Gasteiger partial charge in [0.15, 0.2) is 11.6 Å². The highest BCUT2D eigenvalue weighted by atomic mass is 32.1. The fourth-order valence-electron chi connectivity index (χ4n) is 7.04. The molecule has 1 spiro atoms. The number of carbonyl (C=O) groups is 3. The second-order valence-corrected chi connectivity index (χ2v) is 11.7. The van der Waals surface area contributed by atoms with Crippen LogP contribution in [0.3, 0.4) is 0 Å². The summed E-state index contributed by atoms with van der Waals surface area (Å²) < 4.78 is 0. The zero-order valence-corrected chi connectivity index (χ0v) is 22.9. The quantitative estimate of drug-likeness (QED) is 0.275. The molecule has 3 aliphatic heterocycles. The lowest BCUT2D eigenvalue weighted by Crippen LogP contribution is -2.49. The second-order valence-electron chi connectivity index (χ2n) is 10.7. The van der Waals surface area contributed by atoms with E-state index in [4.69, 9.17) is 0 Å². The number of fused-ring (bicyclic) bond motifs is 6. The summed E-state index contributed by atoms with van der Waals surface area (Å²) in [5, 5.41) is 4.97. The highest BCUT2D eigenvalue weighted by Gasteiger charge is 2.70. The van der Waals surface area contributed by atoms with E-state index in [9.17, 15) is 14.4 Å². The van der Waals surface area contributed by atoms with Crippen LogP contribution in [0, 0.1) is 5.92 Å². The van der Waals surface area contributed by atoms with Crippen molar-refractivity contribution in [3.8, 4) is 0 Å². The summed E-state index contributed by atoms with van der Waals surface area (Å²) in [6, 6.07) is 25.5. The number of ketones is 2. The van der Waals surface area contributed by atoms with Gasteiger partial charge in [0.25, 0.3) is 0 Å². The number of aryl methyl sites for hydroxylation is 1. The van der Waals surface area contributed by atoms with Crippen LogP contribution < -0.4 is 5.32 Å². The first-order valence-corrected chi connectivity index (χ1v) is 14.6. The molecule has 0 bridgehead atoms. The Labute approximate surface area is 237 Å². The van der Waals surface area contributed by atoms with Crippen molar-refractivity contribution in [2.45, 2.75) is 37.3 Å². The maximum absolute atomic E-state index is 14.8. The summed E-state index contributed by atoms with van der Waals surface area (Å²) in [6.07, 6.45) is 5.83. The minimum atomic E-state index is -1.30. The summed E-state index contributed by atoms with van der Waals surface area (Å²) in [5.41, 5.74) is 3.76. The smallest absolute Gasteiger partial charge is 0.238 e. The Morgan fingerprint density at radius 3 is 2.48 bits per heavy atom. The van der Waals surface area contributed by atoms with Crippen molar-refractivity contribution >= 4 is 40.6 Å². The third-order valence-electron chi connectivity index (χ3n) is 8.66. The van der Waals surface area contributed by atoms with E-state index in [1.807, 2.05) is 101 Å². The van der Waals surface area contributed by atoms with Crippen molar-refractivity contribution in [2.24, 2.45) is 5.92 Å². The van der Waals surface area contributed by atoms with Gasteiger partial charge in [0.1, 0.15) is 11.5 Å². The lowest BCUT2D eigenvalue weighted by atomic mass is 9.62. The molecule has 0 saturated carbocycles. The molecular formula is C34H28N2O3S. The molecule has 0 aliphatic carbocycles. The molecule has 4 atom stereocenters. The Morgan fingerprint density at radius 1 is 0.925 bits per heavy atom. The summed E-state index contributed by atoms with van der Waals surface area (Å²) in [5.74, 6) is -1.51. The van der Waals surface area contributed by atoms with Gasteiger partial charge in [-0.05, 0) is 52.3 Å². The van der Waals surface area contributed by atoms with Crippen LogP contribution in [-0.4, -0.2) is 28.4 Å². The number of thiophene rings is 1. The predicted molar refractivity (Wildman–Crippen MR) is 158 cm³/mol. The Bertz CT molecular complexity index is 1670. The van der Waals surface area contributed by atoms with Gasteiger partial charge in [-0.15, -0.1) is 11.3 Å². The molecule has 0 radical (unpaired) electrons. The van der Waals surface area contributed by atoms with Crippen molar-refractivity contribution in [3.63, 3.8) is 0 Å². The first kappa shape index (κ1) is 24.7. The molecule has 5 nitrogen and oxygen atoms in total. The first-order chi connectivity index (χ1) is 19.6. The molecule has 198 valence electrons. The molecule has 1 saturated heterocycles. The van der Waals surface area contributed by atoms with Gasteiger partial charge in [0, 0.05) is 17.5 Å². The van der Waals surface area contributed by atoms with Crippen molar-refractivity contribution in [1.29, 1.82) is 0 Å². The number of hydrogen-bond acceptors (Lipinski definition) is 5. The van der Waals surface area contributed by atoms with Gasteiger partial charge in [-0.25, -0.2) is 0 Å². The highest BCUT2D eigenvalue weighted by Crippen LogP contribution is 2.62. The molecule has 4 heterocycles. The maximum atomic E-state index is 14.8. The van der Waals surface area contributed by atoms with Gasteiger partial charge < -0.3 is 10.2 Å². The van der Waals surface area contributed by atoms with Crippen LogP contribution in [0.25, 0.3) is 6.08 Å². The van der Waals surface area contributed by atoms with E-state index < -0.39 is 23.4 Å². The predicted octanol–water partition coefficient (Wildman–Crippen LogP) is 6.68. The summed E-state index contributed by atoms with van der Waals surface area (Å²) in [7, 11) is 0. The number of para-hydroxylation sites is 1. The lowest BCUT2D eigenvalue weighted by molar-refractivity contribution is -0.122. The number of nitrogens with zero attached hydrogens (tertiary/aromatic N) is 1. The number of nitrogens with one attached hydrogen (secondary N) is 1. The number of benzene rings is 3. The number of hydrogen-bond donors (Lipinski definition) is 1. The van der Waals surface area contributed by atoms with E-state index in [0.29, 0.717) is 16.1 Å². The molecular weight excluding hydrogens is 516 g/mol. The Kier molecular flexibility index (Phi) is 5.82. The summed E-state index contributed by atoms with van der Waals surface area (Å²) >= 11 is 1.37. The van der Waals surface area contributed by atoms with Crippen LogP contribution in [-0.2, 0) is 16.6 Å². The average molecular weight is 545 g/mol. The fourth-order valence-corrected chi connectivity index (χ4v) is 7.73. The Balaban J connectivity index is 1.50. The number of Topliss-reactive ketones (excluding diaryl/α,β-unsaturated/α-hetero) is 2. The first-order valence-electron chi connectivity index (χ1n) is 13.7. The van der Waals surface area contributed by atoms with Gasteiger partial charge >= 0.3 is 0 Å². The van der Waals surface area contributed by atoms with Crippen LogP contribution in [0.1, 0.15) is 61.7 Å². The molecule has 4 aromatic rings. The molecule has 0 unspecified atom stereocenters. The van der Waals surface area contributed by atoms with Crippen molar-refractivity contribution in [3.05, 3.63) is 129 Å². The normalized spacial score (nSPS) is 24.0. The van der Waals surface area contributed by atoms with Crippen molar-refractivity contribution in [1.82, 2.24) is 4.90 Å². The molecule has 1 amide bonds. The van der Waals surface area contributed by atoms with Crippen molar-refractivity contribution in [2.75, 3.05) is 5.32 Å². The molecule has 3 aliphatic rings. The number of anilines is 1. The molecule has 40 heavy (non-hydrogen) atoms. The van der Waals surface area contributed by atoms with Crippen LogP contribution in [0.4, 0.5) is 5.69 Å². The lowest BCUT2D eigenvalue weighted by Gasteiger charge is -2.38. The van der Waals surface area contributed by atoms with Crippen LogP contribution in [0.5, 0.6) is 0 Å². The largest absolute Gasteiger partial charge is 0.358 e. The molecule has 1 fully saturated rings. The van der Waals surface area contributed by atoms with Gasteiger partial charge in [-0.1, -0.05) is 86.1 Å². The molecule has 1 aromatic heterocycles. The highest BCUT2D eigenvalue weighted by molar-refractivity contribution is 7.12. The van der Waals surface area contributed by atoms with Crippen molar-refractivity contribution < 1.29 is 14.4 Å². The zero-order chi connectivity index (χ0) is 27.4. The number of carbonyl (C=O) groups excluding carboxylic acids is 3. The Morgan fingerprint density at radius 2 is 1.70 bits per heavy atom. The van der Waals surface area contributed by atoms with Gasteiger partial charge in [-0.3, -0.25) is 14.4 Å². The fraction of sp³-hybridized carbons (Fsp3) is 0.206. The van der Waals surface area contributed by atoms with E-state index >= 15 is 0 Å². The van der Waals surface area contributed by atoms with E-state index in [1.165, 1.54) is 11.3 Å². The molecule has 6 heteroatoms. The van der Waals surface area contributed by atoms with E-state index in [2.05, 4.69) is 12.2 Å².